The maximum absolute atomic E-state index is 10.2. The zero-order chi connectivity index (χ0) is 8.53. The molecule has 11 heavy (non-hydrogen) atoms. The van der Waals surface area contributed by atoms with Crippen molar-refractivity contribution in [2.45, 2.75) is 6.92 Å². The molecule has 1 amide bonds. The third kappa shape index (κ3) is 9.06. The number of nitrogens with one attached hydrogen (secondary N) is 2. The molecule has 0 rings (SSSR count). The summed E-state index contributed by atoms with van der Waals surface area (Å²) in [6.07, 6.45) is 0.762. The van der Waals surface area contributed by atoms with Crippen molar-refractivity contribution in [3.8, 4) is 0 Å². The van der Waals surface area contributed by atoms with Crippen molar-refractivity contribution in [2.24, 2.45) is 0 Å². The highest BCUT2D eigenvalue weighted by Crippen LogP contribution is 1.66. The van der Waals surface area contributed by atoms with Gasteiger partial charge in [0.2, 0.25) is 5.91 Å². The van der Waals surface area contributed by atoms with Crippen molar-refractivity contribution in [1.29, 1.82) is 0 Å². The first-order valence-corrected chi connectivity index (χ1v) is 3.30. The van der Waals surface area contributed by atoms with Crippen LogP contribution in [-0.4, -0.2) is 31.9 Å². The molecule has 0 radical (unpaired) electrons. The van der Waals surface area contributed by atoms with Crippen LogP contribution in [0.2, 0.25) is 0 Å². The maximum atomic E-state index is 10.2. The summed E-state index contributed by atoms with van der Waals surface area (Å²) in [7, 11) is 0. The molecule has 0 heterocycles. The van der Waals surface area contributed by atoms with Crippen LogP contribution in [0.4, 0.5) is 0 Å². The second-order valence-electron chi connectivity index (χ2n) is 1.88. The van der Waals surface area contributed by atoms with Crippen molar-refractivity contribution in [3.63, 3.8) is 0 Å². The molecule has 0 aromatic rings. The van der Waals surface area contributed by atoms with Gasteiger partial charge in [-0.1, -0.05) is 0 Å². The molecule has 0 bridgehead atoms. The molecule has 64 valence electrons. The monoisotopic (exact) mass is 160 g/mol. The van der Waals surface area contributed by atoms with E-state index in [9.17, 15) is 9.59 Å². The van der Waals surface area contributed by atoms with Gasteiger partial charge in [0.15, 0.2) is 0 Å². The Morgan fingerprint density at radius 1 is 1.64 bits per heavy atom. The van der Waals surface area contributed by atoms with Crippen molar-refractivity contribution in [3.05, 3.63) is 0 Å². The molecular formula is C6H12N2O3. The Kier molecular flexibility index (Phi) is 6.56. The van der Waals surface area contributed by atoms with E-state index in [-0.39, 0.29) is 5.91 Å². The van der Waals surface area contributed by atoms with E-state index >= 15 is 0 Å². The lowest BCUT2D eigenvalue weighted by atomic mass is 10.6. The number of rotatable bonds is 6. The zero-order valence-electron chi connectivity index (χ0n) is 6.42. The molecule has 5 nitrogen and oxygen atoms in total. The van der Waals surface area contributed by atoms with Gasteiger partial charge in [-0.25, -0.2) is 5.48 Å². The summed E-state index contributed by atoms with van der Waals surface area (Å²) in [5, 5.41) is 2.76. The standard InChI is InChI=1S/C6H12N2O3/c1-6(10)8-11-5-3-7-2-4-9/h4,7H,2-3,5H2,1H3,(H,8,10). The summed E-state index contributed by atoms with van der Waals surface area (Å²) >= 11 is 0. The number of aldehydes is 1. The molecule has 0 spiro atoms. The summed E-state index contributed by atoms with van der Waals surface area (Å²) in [6.45, 7) is 2.56. The van der Waals surface area contributed by atoms with E-state index in [1.54, 1.807) is 0 Å². The molecule has 5 heteroatoms. The minimum absolute atomic E-state index is 0.236. The van der Waals surface area contributed by atoms with E-state index in [0.29, 0.717) is 19.7 Å². The fraction of sp³-hybridized carbons (Fsp3) is 0.667. The van der Waals surface area contributed by atoms with Gasteiger partial charge in [0.05, 0.1) is 13.2 Å². The lowest BCUT2D eigenvalue weighted by Gasteiger charge is -2.02. The normalized spacial score (nSPS) is 9.18. The Morgan fingerprint density at radius 2 is 2.36 bits per heavy atom. The average Bonchev–Trinajstić information content (AvgIpc) is 1.96. The molecule has 0 aliphatic heterocycles. The molecule has 0 saturated heterocycles. The molecule has 0 unspecified atom stereocenters. The second-order valence-corrected chi connectivity index (χ2v) is 1.88. The van der Waals surface area contributed by atoms with Crippen LogP contribution in [0.3, 0.4) is 0 Å². The van der Waals surface area contributed by atoms with E-state index < -0.39 is 0 Å². The van der Waals surface area contributed by atoms with Crippen LogP contribution >= 0.6 is 0 Å². The fourth-order valence-electron chi connectivity index (χ4n) is 0.437. The molecule has 0 aromatic carbocycles. The van der Waals surface area contributed by atoms with Crippen molar-refractivity contribution >= 4 is 12.2 Å². The van der Waals surface area contributed by atoms with Crippen molar-refractivity contribution in [2.75, 3.05) is 19.7 Å². The quantitative estimate of drug-likeness (QED) is 0.292. The van der Waals surface area contributed by atoms with Crippen molar-refractivity contribution < 1.29 is 14.4 Å². The lowest BCUT2D eigenvalue weighted by molar-refractivity contribution is -0.131. The van der Waals surface area contributed by atoms with Crippen LogP contribution in [-0.2, 0) is 14.4 Å². The predicted octanol–water partition coefficient (Wildman–Crippen LogP) is -1.16. The molecule has 0 aliphatic carbocycles. The highest BCUT2D eigenvalue weighted by Gasteiger charge is 1.89. The topological polar surface area (TPSA) is 67.4 Å². The van der Waals surface area contributed by atoms with Crippen LogP contribution in [0.15, 0.2) is 0 Å². The molecule has 2 N–H and O–H groups in total. The smallest absolute Gasteiger partial charge is 0.240 e. The first kappa shape index (κ1) is 10.1. The minimum atomic E-state index is -0.236. The molecule has 0 saturated carbocycles. The largest absolute Gasteiger partial charge is 0.308 e. The Bertz CT molecular complexity index is 127. The number of hydroxylamine groups is 1. The van der Waals surface area contributed by atoms with Gasteiger partial charge in [-0.2, -0.15) is 0 Å². The Labute approximate surface area is 65.1 Å². The Balaban J connectivity index is 2.90. The van der Waals surface area contributed by atoms with E-state index in [1.807, 2.05) is 0 Å². The minimum Gasteiger partial charge on any atom is -0.308 e. The number of hydrogen-bond donors (Lipinski definition) is 2. The summed E-state index contributed by atoms with van der Waals surface area (Å²) < 4.78 is 0. The van der Waals surface area contributed by atoms with E-state index in [1.165, 1.54) is 6.92 Å². The Morgan fingerprint density at radius 3 is 2.91 bits per heavy atom. The zero-order valence-corrected chi connectivity index (χ0v) is 6.42. The van der Waals surface area contributed by atoms with E-state index in [4.69, 9.17) is 0 Å². The Hall–Kier alpha value is -0.940. The van der Waals surface area contributed by atoms with Gasteiger partial charge in [0.1, 0.15) is 6.29 Å². The van der Waals surface area contributed by atoms with Gasteiger partial charge in [-0.15, -0.1) is 0 Å². The SMILES string of the molecule is CC(=O)NOCCNCC=O. The van der Waals surface area contributed by atoms with Crippen LogP contribution in [0, 0.1) is 0 Å². The maximum Gasteiger partial charge on any atom is 0.240 e. The first-order valence-electron chi connectivity index (χ1n) is 3.30. The van der Waals surface area contributed by atoms with Crippen LogP contribution < -0.4 is 10.8 Å². The molecular weight excluding hydrogens is 148 g/mol. The van der Waals surface area contributed by atoms with Gasteiger partial charge in [0.25, 0.3) is 0 Å². The average molecular weight is 160 g/mol. The summed E-state index contributed by atoms with van der Waals surface area (Å²) in [5.41, 5.74) is 2.16. The summed E-state index contributed by atoms with van der Waals surface area (Å²) in [6, 6.07) is 0. The summed E-state index contributed by atoms with van der Waals surface area (Å²) in [4.78, 5) is 24.7. The first-order chi connectivity index (χ1) is 5.27. The highest BCUT2D eigenvalue weighted by atomic mass is 16.6. The van der Waals surface area contributed by atoms with Gasteiger partial charge >= 0.3 is 0 Å². The van der Waals surface area contributed by atoms with E-state index in [0.717, 1.165) is 6.29 Å². The van der Waals surface area contributed by atoms with Crippen molar-refractivity contribution in [1.82, 2.24) is 10.8 Å². The molecule has 0 aliphatic rings. The van der Waals surface area contributed by atoms with Crippen LogP contribution in [0.25, 0.3) is 0 Å². The van der Waals surface area contributed by atoms with Gasteiger partial charge in [0, 0.05) is 13.5 Å². The van der Waals surface area contributed by atoms with Crippen LogP contribution in [0.5, 0.6) is 0 Å². The summed E-state index contributed by atoms with van der Waals surface area (Å²) in [5.74, 6) is -0.236. The fourth-order valence-corrected chi connectivity index (χ4v) is 0.437. The third-order valence-electron chi connectivity index (χ3n) is 0.824. The second kappa shape index (κ2) is 7.17. The predicted molar refractivity (Wildman–Crippen MR) is 38.7 cm³/mol. The number of carbonyl (C=O) groups is 2. The molecule has 0 aromatic heterocycles. The van der Waals surface area contributed by atoms with Gasteiger partial charge < -0.3 is 10.1 Å². The van der Waals surface area contributed by atoms with Gasteiger partial charge in [-0.05, 0) is 0 Å². The lowest BCUT2D eigenvalue weighted by Crippen LogP contribution is -2.27. The third-order valence-corrected chi connectivity index (χ3v) is 0.824. The van der Waals surface area contributed by atoms with Crippen LogP contribution in [0.1, 0.15) is 6.92 Å². The number of carbonyl (C=O) groups excluding carboxylic acids is 2. The molecule has 0 fully saturated rings. The highest BCUT2D eigenvalue weighted by molar-refractivity contribution is 5.71. The molecule has 0 atom stereocenters. The van der Waals surface area contributed by atoms with Gasteiger partial charge in [-0.3, -0.25) is 9.63 Å². The number of amides is 1. The number of hydrogen-bond acceptors (Lipinski definition) is 4. The van der Waals surface area contributed by atoms with E-state index in [2.05, 4.69) is 15.6 Å².